The maximum absolute atomic E-state index is 11.9. The molecule has 0 spiro atoms. The second-order valence-corrected chi connectivity index (χ2v) is 4.73. The quantitative estimate of drug-likeness (QED) is 0.766. The summed E-state index contributed by atoms with van der Waals surface area (Å²) in [6.07, 6.45) is 0.522. The maximum atomic E-state index is 11.9. The van der Waals surface area contributed by atoms with Crippen molar-refractivity contribution in [1.82, 2.24) is 4.90 Å². The number of carbonyl (C=O) groups excluding carboxylic acids is 1. The number of ether oxygens (including phenoxy) is 1. The van der Waals surface area contributed by atoms with Crippen molar-refractivity contribution < 1.29 is 19.4 Å². The molecule has 0 saturated carbocycles. The van der Waals surface area contributed by atoms with E-state index in [0.717, 1.165) is 0 Å². The number of hydrogen-bond donors (Lipinski definition) is 1. The summed E-state index contributed by atoms with van der Waals surface area (Å²) in [5.74, 6) is -1.06. The minimum absolute atomic E-state index is 0.0215. The average molecular weight is 229 g/mol. The average Bonchev–Trinajstić information content (AvgIpc) is 2.61. The van der Waals surface area contributed by atoms with Crippen molar-refractivity contribution in [3.8, 4) is 0 Å². The summed E-state index contributed by atoms with van der Waals surface area (Å²) in [6.45, 7) is 4.68. The molecule has 1 aliphatic heterocycles. The van der Waals surface area contributed by atoms with E-state index in [0.29, 0.717) is 26.1 Å². The zero-order valence-electron chi connectivity index (χ0n) is 10.0. The molecule has 1 saturated heterocycles. The molecule has 16 heavy (non-hydrogen) atoms. The fourth-order valence-corrected chi connectivity index (χ4v) is 1.96. The molecule has 1 amide bonds. The van der Waals surface area contributed by atoms with E-state index >= 15 is 0 Å². The molecule has 0 aliphatic carbocycles. The van der Waals surface area contributed by atoms with Gasteiger partial charge in [-0.15, -0.1) is 0 Å². The Morgan fingerprint density at radius 2 is 2.19 bits per heavy atom. The largest absolute Gasteiger partial charge is 0.481 e. The van der Waals surface area contributed by atoms with E-state index in [1.165, 1.54) is 0 Å². The molecule has 1 heterocycles. The summed E-state index contributed by atoms with van der Waals surface area (Å²) in [7, 11) is 1.55. The van der Waals surface area contributed by atoms with Crippen LogP contribution in [0, 0.1) is 11.3 Å². The number of carboxylic acid groups (broad SMARTS) is 1. The highest BCUT2D eigenvalue weighted by Gasteiger charge is 2.42. The molecular formula is C11H19NO4. The Labute approximate surface area is 95.4 Å². The van der Waals surface area contributed by atoms with Crippen LogP contribution in [0.15, 0.2) is 0 Å². The van der Waals surface area contributed by atoms with Gasteiger partial charge in [0.1, 0.15) is 0 Å². The molecule has 1 rings (SSSR count). The molecule has 2 atom stereocenters. The standard InChI is InChI=1S/C11H19NO4/c1-8(6-16-3)9(13)12-5-4-11(2,7-12)10(14)15/h8H,4-7H2,1-3H3,(H,14,15). The number of aliphatic carboxylic acids is 1. The van der Waals surface area contributed by atoms with Gasteiger partial charge in [-0.1, -0.05) is 6.92 Å². The number of nitrogens with zero attached hydrogens (tertiary/aromatic N) is 1. The summed E-state index contributed by atoms with van der Waals surface area (Å²) in [4.78, 5) is 24.5. The van der Waals surface area contributed by atoms with Crippen molar-refractivity contribution in [2.45, 2.75) is 20.3 Å². The number of methoxy groups -OCH3 is 1. The monoisotopic (exact) mass is 229 g/mol. The molecular weight excluding hydrogens is 210 g/mol. The molecule has 2 unspecified atom stereocenters. The predicted molar refractivity (Wildman–Crippen MR) is 58.0 cm³/mol. The van der Waals surface area contributed by atoms with E-state index in [1.54, 1.807) is 25.9 Å². The fourth-order valence-electron chi connectivity index (χ4n) is 1.96. The van der Waals surface area contributed by atoms with Gasteiger partial charge in [-0.2, -0.15) is 0 Å². The Morgan fingerprint density at radius 3 is 2.62 bits per heavy atom. The third kappa shape index (κ3) is 2.52. The summed E-state index contributed by atoms with van der Waals surface area (Å²) in [5, 5.41) is 9.05. The number of amides is 1. The Balaban J connectivity index is 2.59. The van der Waals surface area contributed by atoms with Crippen molar-refractivity contribution in [3.63, 3.8) is 0 Å². The Bertz CT molecular complexity index is 292. The Morgan fingerprint density at radius 1 is 1.56 bits per heavy atom. The first kappa shape index (κ1) is 13.0. The molecule has 0 aromatic carbocycles. The summed E-state index contributed by atoms with van der Waals surface area (Å²) in [6, 6.07) is 0. The molecule has 1 N–H and O–H groups in total. The van der Waals surface area contributed by atoms with Gasteiger partial charge in [0, 0.05) is 20.2 Å². The smallest absolute Gasteiger partial charge is 0.311 e. The van der Waals surface area contributed by atoms with E-state index in [-0.39, 0.29) is 11.8 Å². The third-order valence-electron chi connectivity index (χ3n) is 3.14. The minimum Gasteiger partial charge on any atom is -0.481 e. The van der Waals surface area contributed by atoms with Crippen LogP contribution in [0.1, 0.15) is 20.3 Å². The second-order valence-electron chi connectivity index (χ2n) is 4.73. The van der Waals surface area contributed by atoms with Crippen molar-refractivity contribution in [2.75, 3.05) is 26.8 Å². The predicted octanol–water partition coefficient (Wildman–Crippen LogP) is 0.592. The molecule has 0 aromatic heterocycles. The fraction of sp³-hybridized carbons (Fsp3) is 0.818. The van der Waals surface area contributed by atoms with Gasteiger partial charge in [0.2, 0.25) is 5.91 Å². The van der Waals surface area contributed by atoms with Gasteiger partial charge in [0.15, 0.2) is 0 Å². The number of likely N-dealkylation sites (tertiary alicyclic amines) is 1. The zero-order chi connectivity index (χ0) is 12.3. The van der Waals surface area contributed by atoms with E-state index in [1.807, 2.05) is 0 Å². The highest BCUT2D eigenvalue weighted by atomic mass is 16.5. The lowest BCUT2D eigenvalue weighted by Gasteiger charge is -2.22. The molecule has 1 fully saturated rings. The van der Waals surface area contributed by atoms with Gasteiger partial charge in [-0.05, 0) is 13.3 Å². The number of carboxylic acids is 1. The molecule has 92 valence electrons. The lowest BCUT2D eigenvalue weighted by atomic mass is 9.90. The lowest BCUT2D eigenvalue weighted by Crippen LogP contribution is -2.38. The van der Waals surface area contributed by atoms with E-state index in [4.69, 9.17) is 9.84 Å². The number of carbonyl (C=O) groups is 2. The van der Waals surface area contributed by atoms with E-state index < -0.39 is 11.4 Å². The summed E-state index contributed by atoms with van der Waals surface area (Å²) in [5.41, 5.74) is -0.789. The van der Waals surface area contributed by atoms with Crippen LogP contribution >= 0.6 is 0 Å². The zero-order valence-corrected chi connectivity index (χ0v) is 10.0. The molecule has 5 nitrogen and oxygen atoms in total. The van der Waals surface area contributed by atoms with Gasteiger partial charge in [0.05, 0.1) is 17.9 Å². The third-order valence-corrected chi connectivity index (χ3v) is 3.14. The van der Waals surface area contributed by atoms with E-state index in [2.05, 4.69) is 0 Å². The SMILES string of the molecule is COCC(C)C(=O)N1CCC(C)(C(=O)O)C1. The summed E-state index contributed by atoms with van der Waals surface area (Å²) >= 11 is 0. The number of rotatable bonds is 4. The summed E-state index contributed by atoms with van der Waals surface area (Å²) < 4.78 is 4.92. The lowest BCUT2D eigenvalue weighted by molar-refractivity contribution is -0.147. The van der Waals surface area contributed by atoms with Crippen LogP contribution in [0.5, 0.6) is 0 Å². The van der Waals surface area contributed by atoms with Gasteiger partial charge in [-0.3, -0.25) is 9.59 Å². The van der Waals surface area contributed by atoms with Crippen LogP contribution in [0.25, 0.3) is 0 Å². The van der Waals surface area contributed by atoms with Crippen LogP contribution in [-0.4, -0.2) is 48.7 Å². The normalized spacial score (nSPS) is 26.8. The van der Waals surface area contributed by atoms with Gasteiger partial charge < -0.3 is 14.7 Å². The van der Waals surface area contributed by atoms with Crippen molar-refractivity contribution >= 4 is 11.9 Å². The molecule has 0 aromatic rings. The van der Waals surface area contributed by atoms with E-state index in [9.17, 15) is 9.59 Å². The Kier molecular flexibility index (Phi) is 3.91. The topological polar surface area (TPSA) is 66.8 Å². The Hall–Kier alpha value is -1.10. The molecule has 0 radical (unpaired) electrons. The van der Waals surface area contributed by atoms with Crippen LogP contribution in [-0.2, 0) is 14.3 Å². The van der Waals surface area contributed by atoms with Crippen LogP contribution in [0.3, 0.4) is 0 Å². The molecule has 5 heteroatoms. The van der Waals surface area contributed by atoms with Crippen molar-refractivity contribution in [3.05, 3.63) is 0 Å². The van der Waals surface area contributed by atoms with Crippen molar-refractivity contribution in [1.29, 1.82) is 0 Å². The number of hydrogen-bond acceptors (Lipinski definition) is 3. The highest BCUT2D eigenvalue weighted by Crippen LogP contribution is 2.30. The maximum Gasteiger partial charge on any atom is 0.311 e. The first-order valence-corrected chi connectivity index (χ1v) is 5.42. The highest BCUT2D eigenvalue weighted by molar-refractivity contribution is 5.81. The molecule has 1 aliphatic rings. The van der Waals surface area contributed by atoms with Crippen LogP contribution < -0.4 is 0 Å². The first-order valence-electron chi connectivity index (χ1n) is 5.42. The minimum atomic E-state index is -0.831. The van der Waals surface area contributed by atoms with Crippen LogP contribution in [0.2, 0.25) is 0 Å². The van der Waals surface area contributed by atoms with Gasteiger partial charge in [0.25, 0.3) is 0 Å². The second kappa shape index (κ2) is 4.82. The first-order chi connectivity index (χ1) is 7.40. The van der Waals surface area contributed by atoms with Gasteiger partial charge in [-0.25, -0.2) is 0 Å². The van der Waals surface area contributed by atoms with Crippen LogP contribution in [0.4, 0.5) is 0 Å². The molecule has 0 bridgehead atoms. The van der Waals surface area contributed by atoms with Gasteiger partial charge >= 0.3 is 5.97 Å². The van der Waals surface area contributed by atoms with Crippen molar-refractivity contribution in [2.24, 2.45) is 11.3 Å².